The van der Waals surface area contributed by atoms with E-state index in [9.17, 15) is 14.9 Å². The first-order valence-corrected chi connectivity index (χ1v) is 7.50. The second-order valence-electron chi connectivity index (χ2n) is 4.31. The van der Waals surface area contributed by atoms with Crippen LogP contribution in [-0.4, -0.2) is 44.7 Å². The van der Waals surface area contributed by atoms with Crippen LogP contribution in [0.2, 0.25) is 0 Å². The Labute approximate surface area is 131 Å². The fourth-order valence-electron chi connectivity index (χ4n) is 1.96. The Morgan fingerprint density at radius 3 is 1.91 bits per heavy atom. The molecule has 0 saturated heterocycles. The molecule has 7 nitrogen and oxygen atoms in total. The predicted octanol–water partition coefficient (Wildman–Crippen LogP) is 1.66. The molecule has 0 N–H and O–H groups in total. The Hall–Kier alpha value is -1.65. The molecule has 126 valence electrons. The van der Waals surface area contributed by atoms with Crippen LogP contribution in [0.3, 0.4) is 0 Å². The van der Waals surface area contributed by atoms with Gasteiger partial charge in [-0.15, -0.1) is 0 Å². The first-order chi connectivity index (χ1) is 10.5. The van der Waals surface area contributed by atoms with Gasteiger partial charge in [-0.25, -0.2) is 0 Å². The van der Waals surface area contributed by atoms with Crippen molar-refractivity contribution in [1.82, 2.24) is 0 Å². The molecule has 0 radical (unpaired) electrons. The molecule has 0 aliphatic heterocycles. The SMILES string of the molecule is CCOC(=O)CC(C(OCC)OCC)C(C#N)C(=O)OCC. The summed E-state index contributed by atoms with van der Waals surface area (Å²) < 4.78 is 20.7. The highest BCUT2D eigenvalue weighted by molar-refractivity contribution is 5.77. The third-order valence-corrected chi connectivity index (χ3v) is 2.83. The van der Waals surface area contributed by atoms with Gasteiger partial charge in [-0.1, -0.05) is 0 Å². The number of ether oxygens (including phenoxy) is 4. The Bertz CT molecular complexity index is 373. The number of hydrogen-bond donors (Lipinski definition) is 0. The molecule has 0 aromatic heterocycles. The van der Waals surface area contributed by atoms with E-state index in [4.69, 9.17) is 18.9 Å². The smallest absolute Gasteiger partial charge is 0.323 e. The number of hydrogen-bond acceptors (Lipinski definition) is 7. The van der Waals surface area contributed by atoms with Crippen LogP contribution in [0.4, 0.5) is 0 Å². The highest BCUT2D eigenvalue weighted by Crippen LogP contribution is 2.25. The lowest BCUT2D eigenvalue weighted by atomic mass is 9.89. The quantitative estimate of drug-likeness (QED) is 0.422. The molecule has 0 spiro atoms. The van der Waals surface area contributed by atoms with Gasteiger partial charge in [0.25, 0.3) is 0 Å². The average molecular weight is 315 g/mol. The van der Waals surface area contributed by atoms with Gasteiger partial charge in [0.2, 0.25) is 0 Å². The van der Waals surface area contributed by atoms with E-state index in [0.29, 0.717) is 13.2 Å². The third kappa shape index (κ3) is 6.87. The number of nitriles is 1. The molecule has 0 aromatic rings. The summed E-state index contributed by atoms with van der Waals surface area (Å²) in [5, 5.41) is 9.31. The van der Waals surface area contributed by atoms with Gasteiger partial charge in [-0.3, -0.25) is 9.59 Å². The van der Waals surface area contributed by atoms with Gasteiger partial charge in [0.15, 0.2) is 12.2 Å². The summed E-state index contributed by atoms with van der Waals surface area (Å²) in [7, 11) is 0. The maximum atomic E-state index is 12.0. The standard InChI is InChI=1S/C15H25NO6/c1-5-19-13(17)9-11(15(21-7-3)22-8-4)12(10-16)14(18)20-6-2/h11-12,15H,5-9H2,1-4H3. The van der Waals surface area contributed by atoms with Crippen LogP contribution < -0.4 is 0 Å². The minimum absolute atomic E-state index is 0.150. The van der Waals surface area contributed by atoms with E-state index in [-0.39, 0.29) is 19.6 Å². The van der Waals surface area contributed by atoms with Crippen LogP contribution in [0.25, 0.3) is 0 Å². The number of rotatable bonds is 11. The van der Waals surface area contributed by atoms with Crippen molar-refractivity contribution in [3.05, 3.63) is 0 Å². The van der Waals surface area contributed by atoms with Crippen molar-refractivity contribution in [1.29, 1.82) is 5.26 Å². The van der Waals surface area contributed by atoms with E-state index < -0.39 is 30.1 Å². The minimum atomic E-state index is -1.16. The summed E-state index contributed by atoms with van der Waals surface area (Å²) in [6.07, 6.45) is -1.01. The van der Waals surface area contributed by atoms with Crippen LogP contribution in [0.5, 0.6) is 0 Å². The lowest BCUT2D eigenvalue weighted by molar-refractivity contribution is -0.188. The fraction of sp³-hybridized carbons (Fsp3) is 0.800. The number of carbonyl (C=O) groups excluding carboxylic acids is 2. The molecule has 2 unspecified atom stereocenters. The Morgan fingerprint density at radius 2 is 1.50 bits per heavy atom. The van der Waals surface area contributed by atoms with E-state index in [1.165, 1.54) is 0 Å². The maximum Gasteiger partial charge on any atom is 0.323 e. The van der Waals surface area contributed by atoms with Crippen molar-refractivity contribution in [2.45, 2.75) is 40.4 Å². The monoisotopic (exact) mass is 315 g/mol. The molecule has 2 atom stereocenters. The molecule has 0 aliphatic rings. The first-order valence-electron chi connectivity index (χ1n) is 7.50. The highest BCUT2D eigenvalue weighted by Gasteiger charge is 2.38. The Kier molecular flexibility index (Phi) is 11.1. The average Bonchev–Trinajstić information content (AvgIpc) is 2.47. The zero-order valence-corrected chi connectivity index (χ0v) is 13.7. The summed E-state index contributed by atoms with van der Waals surface area (Å²) in [6.45, 7) is 7.87. The molecule has 0 rings (SSSR count). The molecule has 0 amide bonds. The topological polar surface area (TPSA) is 94.9 Å². The van der Waals surface area contributed by atoms with E-state index in [1.54, 1.807) is 27.7 Å². The molecule has 7 heteroatoms. The molecule has 0 fully saturated rings. The van der Waals surface area contributed by atoms with Crippen LogP contribution in [-0.2, 0) is 28.5 Å². The number of carbonyl (C=O) groups is 2. The fourth-order valence-corrected chi connectivity index (χ4v) is 1.96. The highest BCUT2D eigenvalue weighted by atomic mass is 16.7. The summed E-state index contributed by atoms with van der Waals surface area (Å²) >= 11 is 0. The van der Waals surface area contributed by atoms with Crippen molar-refractivity contribution in [2.75, 3.05) is 26.4 Å². The number of nitrogens with zero attached hydrogens (tertiary/aromatic N) is 1. The van der Waals surface area contributed by atoms with Gasteiger partial charge in [-0.2, -0.15) is 5.26 Å². The van der Waals surface area contributed by atoms with Crippen molar-refractivity contribution in [3.63, 3.8) is 0 Å². The lowest BCUT2D eigenvalue weighted by Crippen LogP contribution is -2.38. The van der Waals surface area contributed by atoms with Crippen LogP contribution >= 0.6 is 0 Å². The van der Waals surface area contributed by atoms with E-state index >= 15 is 0 Å². The van der Waals surface area contributed by atoms with Crippen molar-refractivity contribution in [2.24, 2.45) is 11.8 Å². The second kappa shape index (κ2) is 12.0. The van der Waals surface area contributed by atoms with Crippen LogP contribution in [0.15, 0.2) is 0 Å². The van der Waals surface area contributed by atoms with Gasteiger partial charge in [0.1, 0.15) is 0 Å². The second-order valence-corrected chi connectivity index (χ2v) is 4.31. The predicted molar refractivity (Wildman–Crippen MR) is 77.5 cm³/mol. The molecule has 0 saturated carbocycles. The molecule has 0 bridgehead atoms. The van der Waals surface area contributed by atoms with Gasteiger partial charge in [0, 0.05) is 19.1 Å². The van der Waals surface area contributed by atoms with Crippen LogP contribution in [0, 0.1) is 23.2 Å². The molecular weight excluding hydrogens is 290 g/mol. The minimum Gasteiger partial charge on any atom is -0.466 e. The van der Waals surface area contributed by atoms with Gasteiger partial charge in [0.05, 0.1) is 25.7 Å². The normalized spacial score (nSPS) is 13.3. The Balaban J connectivity index is 5.29. The van der Waals surface area contributed by atoms with E-state index in [0.717, 1.165) is 0 Å². The molecule has 0 aromatic carbocycles. The first kappa shape index (κ1) is 20.3. The largest absolute Gasteiger partial charge is 0.466 e. The molecule has 0 aliphatic carbocycles. The van der Waals surface area contributed by atoms with Gasteiger partial charge in [-0.05, 0) is 27.7 Å². The zero-order chi connectivity index (χ0) is 17.0. The summed E-state index contributed by atoms with van der Waals surface area (Å²) in [4.78, 5) is 23.7. The molecule has 0 heterocycles. The van der Waals surface area contributed by atoms with Crippen LogP contribution in [0.1, 0.15) is 34.1 Å². The van der Waals surface area contributed by atoms with Crippen molar-refractivity contribution < 1.29 is 28.5 Å². The summed E-state index contributed by atoms with van der Waals surface area (Å²) in [5.41, 5.74) is 0. The van der Waals surface area contributed by atoms with E-state index in [1.807, 2.05) is 6.07 Å². The van der Waals surface area contributed by atoms with Gasteiger partial charge >= 0.3 is 11.9 Å². The Morgan fingerprint density at radius 1 is 0.955 bits per heavy atom. The molecule has 22 heavy (non-hydrogen) atoms. The van der Waals surface area contributed by atoms with E-state index in [2.05, 4.69) is 0 Å². The summed E-state index contributed by atoms with van der Waals surface area (Å²) in [5.74, 6) is -3.15. The maximum absolute atomic E-state index is 12.0. The van der Waals surface area contributed by atoms with Gasteiger partial charge < -0.3 is 18.9 Å². The third-order valence-electron chi connectivity index (χ3n) is 2.83. The zero-order valence-electron chi connectivity index (χ0n) is 13.7. The summed E-state index contributed by atoms with van der Waals surface area (Å²) in [6, 6.07) is 1.89. The number of esters is 2. The lowest BCUT2D eigenvalue weighted by Gasteiger charge is -2.28. The van der Waals surface area contributed by atoms with Crippen molar-refractivity contribution >= 4 is 11.9 Å². The molecular formula is C15H25NO6. The van der Waals surface area contributed by atoms with Crippen molar-refractivity contribution in [3.8, 4) is 6.07 Å².